The van der Waals surface area contributed by atoms with Crippen LogP contribution in [-0.4, -0.2) is 9.13 Å². The highest BCUT2D eigenvalue weighted by atomic mass is 15.0. The third kappa shape index (κ3) is 4.50. The molecule has 10 rings (SSSR count). The predicted molar refractivity (Wildman–Crippen MR) is 211 cm³/mol. The summed E-state index contributed by atoms with van der Waals surface area (Å²) in [5.41, 5.74) is -9.58. The van der Waals surface area contributed by atoms with Gasteiger partial charge in [-0.25, -0.2) is 0 Å². The minimum absolute atomic E-state index is 0.578. The lowest BCUT2D eigenvalue weighted by Crippen LogP contribution is -1.95. The van der Waals surface area contributed by atoms with Crippen molar-refractivity contribution in [1.29, 1.82) is 0 Å². The molecule has 0 atom stereocenters. The maximum Gasteiger partial charge on any atom is 0.0651 e. The van der Waals surface area contributed by atoms with Crippen LogP contribution in [0.15, 0.2) is 193 Å². The molecule has 0 N–H and O–H groups in total. The van der Waals surface area contributed by atoms with Gasteiger partial charge in [0.15, 0.2) is 0 Å². The first-order valence-corrected chi connectivity index (χ1v) is 14.6. The van der Waals surface area contributed by atoms with Crippen molar-refractivity contribution in [3.63, 3.8) is 0 Å². The first-order chi connectivity index (χ1) is 38.1. The van der Waals surface area contributed by atoms with Crippen molar-refractivity contribution in [3.8, 4) is 44.8 Å². The van der Waals surface area contributed by atoms with Crippen molar-refractivity contribution >= 4 is 43.6 Å². The van der Waals surface area contributed by atoms with Gasteiger partial charge in [0, 0.05) is 32.9 Å². The van der Waals surface area contributed by atoms with E-state index in [9.17, 15) is 16.4 Å². The molecule has 0 aliphatic carbocycles. The molecule has 0 aliphatic rings. The van der Waals surface area contributed by atoms with Gasteiger partial charge >= 0.3 is 0 Å². The van der Waals surface area contributed by atoms with E-state index in [-0.39, 0.29) is 0 Å². The molecule has 0 fully saturated rings. The third-order valence-corrected chi connectivity index (χ3v) is 7.80. The largest absolute Gasteiger partial charge is 0.309 e. The number of para-hydroxylation sites is 2. The van der Waals surface area contributed by atoms with Gasteiger partial charge in [0.2, 0.25) is 0 Å². The summed E-state index contributed by atoms with van der Waals surface area (Å²) in [5.74, 6) is 0. The molecule has 0 spiro atoms. The average molecular weight is 669 g/mol. The van der Waals surface area contributed by atoms with E-state index in [1.165, 1.54) is 0 Å². The zero-order valence-corrected chi connectivity index (χ0v) is 24.9. The highest BCUT2D eigenvalue weighted by Crippen LogP contribution is 2.42. The van der Waals surface area contributed by atoms with Crippen LogP contribution < -0.4 is 0 Å². The van der Waals surface area contributed by atoms with Crippen LogP contribution in [0.4, 0.5) is 0 Å². The minimum Gasteiger partial charge on any atom is -0.309 e. The quantitative estimate of drug-likeness (QED) is 0.173. The van der Waals surface area contributed by atoms with Gasteiger partial charge in [-0.05, 0) is 81.7 Å². The number of benzene rings is 8. The van der Waals surface area contributed by atoms with E-state index in [1.807, 2.05) is 0 Å². The summed E-state index contributed by atoms with van der Waals surface area (Å²) >= 11 is 0. The van der Waals surface area contributed by atoms with Crippen LogP contribution in [0, 0.1) is 0 Å². The summed E-state index contributed by atoms with van der Waals surface area (Å²) in [7, 11) is 0. The fraction of sp³-hybridized carbons (Fsp3) is 0. The van der Waals surface area contributed by atoms with Gasteiger partial charge in [-0.3, -0.25) is 0 Å². The topological polar surface area (TPSA) is 9.86 Å². The Kier molecular flexibility index (Phi) is 2.52. The van der Waals surface area contributed by atoms with Crippen LogP contribution >= 0.6 is 0 Å². The second-order valence-corrected chi connectivity index (χ2v) is 10.5. The van der Waals surface area contributed by atoms with Gasteiger partial charge in [0.1, 0.15) is 0 Å². The Morgan fingerprint density at radius 1 is 0.280 bits per heavy atom. The number of fused-ring (bicyclic) bond motifs is 7. The van der Waals surface area contributed by atoms with Crippen molar-refractivity contribution in [3.05, 3.63) is 193 Å². The van der Waals surface area contributed by atoms with Crippen molar-refractivity contribution in [2.24, 2.45) is 0 Å². The molecule has 2 aromatic heterocycles. The SMILES string of the molecule is [2H]c1c([2H])c([2H])c(-c2c([2H])c([2H])c(-c3c([2H])c([2H])c(-n4c5c([2H])c([2H])c([2H])c([2H])c5c5c6c7c([2H])c([2H])c([2H])c([2H])c7n(-c7c([2H])c([2H])c([2H])c(-c8c([2H])c([2H])c([2H])c([2H])c8[2H])c7[2H])c6c([2H])c([2H])c54)c([2H])c3[2H])c([2H])c2[2H])c([2H])c1[2H]. The summed E-state index contributed by atoms with van der Waals surface area (Å²) in [5, 5.41) is -2.41. The zero-order valence-electron chi connectivity index (χ0n) is 56.9. The number of nitrogens with zero attached hydrogens (tertiary/aromatic N) is 2. The van der Waals surface area contributed by atoms with Crippen molar-refractivity contribution in [1.82, 2.24) is 9.13 Å². The van der Waals surface area contributed by atoms with Crippen LogP contribution in [0.25, 0.3) is 88.4 Å². The highest BCUT2D eigenvalue weighted by molar-refractivity contribution is 6.28. The molecule has 234 valence electrons. The Morgan fingerprint density at radius 2 is 0.680 bits per heavy atom. The van der Waals surface area contributed by atoms with E-state index in [2.05, 4.69) is 0 Å². The molecule has 10 aromatic rings. The Bertz CT molecular complexity index is 4590. The highest BCUT2D eigenvalue weighted by Gasteiger charge is 2.20. The van der Waals surface area contributed by atoms with E-state index < -0.39 is 282 Å². The summed E-state index contributed by atoms with van der Waals surface area (Å²) in [6.07, 6.45) is 0. The molecule has 2 heteroatoms. The lowest BCUT2D eigenvalue weighted by atomic mass is 10.0. The second-order valence-electron chi connectivity index (χ2n) is 10.5. The lowest BCUT2D eigenvalue weighted by Gasteiger charge is -2.11. The summed E-state index contributed by atoms with van der Waals surface area (Å²) in [6.45, 7) is 0. The van der Waals surface area contributed by atoms with Crippen molar-refractivity contribution in [2.75, 3.05) is 0 Å². The molecule has 0 bridgehead atoms. The van der Waals surface area contributed by atoms with Crippen LogP contribution in [0.3, 0.4) is 0 Å². The number of hydrogen-bond donors (Lipinski definition) is 0. The van der Waals surface area contributed by atoms with Gasteiger partial charge in [-0.1, -0.05) is 145 Å². The predicted octanol–water partition coefficient (Wildman–Crippen LogP) is 12.9. The van der Waals surface area contributed by atoms with Gasteiger partial charge < -0.3 is 9.13 Å². The lowest BCUT2D eigenvalue weighted by molar-refractivity contribution is 1.17. The summed E-state index contributed by atoms with van der Waals surface area (Å²) in [4.78, 5) is 0. The summed E-state index contributed by atoms with van der Waals surface area (Å²) in [6, 6.07) is -31.6. The number of aromatic nitrogens is 2. The molecular weight excluding hydrogens is 605 g/mol. The van der Waals surface area contributed by atoms with Crippen LogP contribution in [0.5, 0.6) is 0 Å². The molecule has 0 saturated carbocycles. The van der Waals surface area contributed by atoms with E-state index >= 15 is 0 Å². The monoisotopic (exact) mass is 668 g/mol. The Morgan fingerprint density at radius 3 is 1.22 bits per heavy atom. The van der Waals surface area contributed by atoms with Gasteiger partial charge in [-0.2, -0.15) is 0 Å². The van der Waals surface area contributed by atoms with E-state index in [4.69, 9.17) is 27.4 Å². The Hall–Kier alpha value is -6.64. The van der Waals surface area contributed by atoms with Gasteiger partial charge in [0.05, 0.1) is 65.9 Å². The van der Waals surface area contributed by atoms with E-state index in [0.29, 0.717) is 9.13 Å². The minimum atomic E-state index is -1.14. The molecule has 50 heavy (non-hydrogen) atoms. The molecule has 2 nitrogen and oxygen atoms in total. The zero-order chi connectivity index (χ0) is 60.9. The maximum atomic E-state index is 9.79. The molecule has 8 aromatic carbocycles. The Labute approximate surface area is 335 Å². The van der Waals surface area contributed by atoms with Crippen LogP contribution in [0.1, 0.15) is 43.9 Å². The number of rotatable bonds is 5. The number of hydrogen-bond acceptors (Lipinski definition) is 0. The average Bonchev–Trinajstić information content (AvgIpc) is 4.11. The van der Waals surface area contributed by atoms with Crippen molar-refractivity contribution < 1.29 is 43.9 Å². The van der Waals surface area contributed by atoms with Crippen molar-refractivity contribution in [2.45, 2.75) is 0 Å². The molecule has 0 radical (unpaired) electrons. The Balaban J connectivity index is 1.41. The second kappa shape index (κ2) is 11.5. The van der Waals surface area contributed by atoms with E-state index in [1.54, 1.807) is 0 Å². The maximum absolute atomic E-state index is 9.79. The van der Waals surface area contributed by atoms with Crippen LogP contribution in [-0.2, 0) is 0 Å². The first-order valence-electron chi connectivity index (χ1n) is 30.6. The summed E-state index contributed by atoms with van der Waals surface area (Å²) < 4.78 is 288. The standard InChI is InChI=1S/C48H32N2/c1-3-12-33(13-4-1)35-22-24-36(25-23-35)37-26-28-39(29-27-37)49-43-20-9-7-18-41(43)47-45(49)30-31-46-48(47)42-19-8-10-21-44(42)50(46)40-17-11-16-38(32-40)34-14-5-2-6-15-34/h1-32H/i1D,2D,3D,4D,5D,6D,7D,8D,9D,10D,11D,12D,13D,14D,15D,16D,17D,18D,19D,20D,21D,22D,23D,24D,25D,26D,27D,28D,29D,30D,31D,32D. The molecule has 0 aliphatic heterocycles. The molecule has 2 heterocycles. The van der Waals surface area contributed by atoms with Crippen LogP contribution in [0.2, 0.25) is 0 Å². The third-order valence-electron chi connectivity index (χ3n) is 7.80. The molecule has 0 unspecified atom stereocenters. The van der Waals surface area contributed by atoms with Gasteiger partial charge in [-0.15, -0.1) is 0 Å². The molecule has 0 saturated heterocycles. The van der Waals surface area contributed by atoms with E-state index in [0.717, 1.165) is 0 Å². The first kappa shape index (κ1) is 10.9. The molecular formula is C48H32N2. The van der Waals surface area contributed by atoms with Gasteiger partial charge in [0.25, 0.3) is 0 Å². The molecule has 0 amide bonds. The fourth-order valence-corrected chi connectivity index (χ4v) is 5.71. The smallest absolute Gasteiger partial charge is 0.0651 e. The fourth-order valence-electron chi connectivity index (χ4n) is 5.71. The normalized spacial score (nSPS) is 20.6.